The third kappa shape index (κ3) is 5.03. The summed E-state index contributed by atoms with van der Waals surface area (Å²) in [7, 11) is 0. The zero-order chi connectivity index (χ0) is 22.5. The van der Waals surface area contributed by atoms with Crippen molar-refractivity contribution in [1.29, 1.82) is 0 Å². The number of carboxylic acid groups (broad SMARTS) is 1. The highest BCUT2D eigenvalue weighted by Gasteiger charge is 2.34. The fourth-order valence-electron chi connectivity index (χ4n) is 4.27. The Labute approximate surface area is 187 Å². The Morgan fingerprint density at radius 3 is 2.78 bits per heavy atom. The van der Waals surface area contributed by atoms with Gasteiger partial charge in [-0.25, -0.2) is 0 Å². The molecule has 3 N–H and O–H groups in total. The van der Waals surface area contributed by atoms with Crippen LogP contribution in [0.2, 0.25) is 0 Å². The molecule has 32 heavy (non-hydrogen) atoms. The third-order valence-corrected chi connectivity index (χ3v) is 5.99. The van der Waals surface area contributed by atoms with E-state index in [4.69, 9.17) is 5.11 Å². The molecule has 0 aliphatic carbocycles. The fraction of sp³-hybridized carbons (Fsp3) is 0.269. The van der Waals surface area contributed by atoms with Gasteiger partial charge in [0, 0.05) is 18.7 Å². The Bertz CT molecular complexity index is 1110. The number of aliphatic carboxylic acids is 1. The molecule has 1 aliphatic heterocycles. The van der Waals surface area contributed by atoms with E-state index in [1.165, 1.54) is 0 Å². The molecule has 2 heterocycles. The number of aromatic nitrogens is 1. The van der Waals surface area contributed by atoms with Crippen molar-refractivity contribution in [1.82, 2.24) is 10.3 Å². The highest BCUT2D eigenvalue weighted by Crippen LogP contribution is 2.32. The monoisotopic (exact) mass is 429 g/mol. The van der Waals surface area contributed by atoms with Crippen LogP contribution in [0.5, 0.6) is 0 Å². The Balaban J connectivity index is 1.51. The fourth-order valence-corrected chi connectivity index (χ4v) is 4.27. The molecule has 1 amide bonds. The molecule has 0 bridgehead atoms. The molecule has 0 saturated heterocycles. The minimum atomic E-state index is -0.829. The SMILES string of the molecule is Cc1ccc(CCN[C@H](c2ccccc2)[C@H]2Cc3ncccc3NC2=O)cc1CC(=O)O. The molecule has 1 aromatic heterocycles. The van der Waals surface area contributed by atoms with Crippen LogP contribution >= 0.6 is 0 Å². The average molecular weight is 430 g/mol. The average Bonchev–Trinajstić information content (AvgIpc) is 2.79. The number of rotatable bonds is 8. The first-order valence-electron chi connectivity index (χ1n) is 10.8. The van der Waals surface area contributed by atoms with E-state index in [0.717, 1.165) is 40.1 Å². The largest absolute Gasteiger partial charge is 0.481 e. The number of carboxylic acids is 1. The molecular weight excluding hydrogens is 402 g/mol. The van der Waals surface area contributed by atoms with Gasteiger partial charge in [-0.15, -0.1) is 0 Å². The number of benzene rings is 2. The van der Waals surface area contributed by atoms with Gasteiger partial charge in [-0.2, -0.15) is 0 Å². The van der Waals surface area contributed by atoms with E-state index in [-0.39, 0.29) is 24.3 Å². The highest BCUT2D eigenvalue weighted by atomic mass is 16.4. The zero-order valence-corrected chi connectivity index (χ0v) is 18.0. The number of hydrogen-bond donors (Lipinski definition) is 3. The molecule has 0 spiro atoms. The van der Waals surface area contributed by atoms with Gasteiger partial charge in [-0.1, -0.05) is 48.5 Å². The maximum absolute atomic E-state index is 13.0. The highest BCUT2D eigenvalue weighted by molar-refractivity contribution is 5.95. The van der Waals surface area contributed by atoms with Gasteiger partial charge < -0.3 is 15.7 Å². The summed E-state index contributed by atoms with van der Waals surface area (Å²) in [6.45, 7) is 2.59. The first kappa shape index (κ1) is 21.7. The van der Waals surface area contributed by atoms with E-state index in [2.05, 4.69) is 15.6 Å². The molecule has 1 aliphatic rings. The summed E-state index contributed by atoms with van der Waals surface area (Å²) in [6.07, 6.45) is 3.08. The molecule has 0 saturated carbocycles. The second-order valence-electron chi connectivity index (χ2n) is 8.22. The van der Waals surface area contributed by atoms with Gasteiger partial charge in [0.1, 0.15) is 0 Å². The van der Waals surface area contributed by atoms with Gasteiger partial charge in [0.2, 0.25) is 5.91 Å². The molecule has 2 aromatic carbocycles. The van der Waals surface area contributed by atoms with Crippen molar-refractivity contribution in [3.63, 3.8) is 0 Å². The summed E-state index contributed by atoms with van der Waals surface area (Å²) >= 11 is 0. The smallest absolute Gasteiger partial charge is 0.307 e. The predicted molar refractivity (Wildman–Crippen MR) is 123 cm³/mol. The number of carbonyl (C=O) groups is 2. The number of fused-ring (bicyclic) bond motifs is 1. The first-order chi connectivity index (χ1) is 15.5. The number of aryl methyl sites for hydroxylation is 1. The lowest BCUT2D eigenvalue weighted by Crippen LogP contribution is -2.40. The van der Waals surface area contributed by atoms with Crippen LogP contribution in [0.3, 0.4) is 0 Å². The molecule has 164 valence electrons. The van der Waals surface area contributed by atoms with E-state index in [1.54, 1.807) is 6.20 Å². The predicted octanol–water partition coefficient (Wildman–Crippen LogP) is 3.70. The maximum atomic E-state index is 13.0. The number of carbonyl (C=O) groups excluding carboxylic acids is 1. The Morgan fingerprint density at radius 1 is 1.19 bits per heavy atom. The molecule has 0 unspecified atom stereocenters. The van der Waals surface area contributed by atoms with Crippen molar-refractivity contribution >= 4 is 17.6 Å². The Kier molecular flexibility index (Phi) is 6.61. The molecule has 2 atom stereocenters. The number of pyridine rings is 1. The van der Waals surface area contributed by atoms with E-state index in [9.17, 15) is 9.59 Å². The normalized spacial score (nSPS) is 16.2. The van der Waals surface area contributed by atoms with Crippen molar-refractivity contribution in [2.75, 3.05) is 11.9 Å². The van der Waals surface area contributed by atoms with Crippen LogP contribution in [0.4, 0.5) is 5.69 Å². The van der Waals surface area contributed by atoms with Gasteiger partial charge in [0.05, 0.1) is 23.7 Å². The number of nitrogens with zero attached hydrogens (tertiary/aromatic N) is 1. The number of amides is 1. The topological polar surface area (TPSA) is 91.3 Å². The molecule has 6 nitrogen and oxygen atoms in total. The van der Waals surface area contributed by atoms with Crippen molar-refractivity contribution in [2.45, 2.75) is 32.2 Å². The molecular formula is C26H27N3O3. The summed E-state index contributed by atoms with van der Waals surface area (Å²) in [4.78, 5) is 28.5. The van der Waals surface area contributed by atoms with E-state index in [0.29, 0.717) is 13.0 Å². The van der Waals surface area contributed by atoms with Crippen LogP contribution in [-0.2, 0) is 28.9 Å². The van der Waals surface area contributed by atoms with Crippen LogP contribution in [0.25, 0.3) is 0 Å². The third-order valence-electron chi connectivity index (χ3n) is 5.99. The van der Waals surface area contributed by atoms with Gasteiger partial charge in [0.15, 0.2) is 0 Å². The lowest BCUT2D eigenvalue weighted by Gasteiger charge is -2.31. The number of anilines is 1. The lowest BCUT2D eigenvalue weighted by molar-refractivity contribution is -0.136. The van der Waals surface area contributed by atoms with E-state index in [1.807, 2.05) is 67.6 Å². The number of nitrogens with one attached hydrogen (secondary N) is 2. The molecule has 4 rings (SSSR count). The van der Waals surface area contributed by atoms with E-state index < -0.39 is 5.97 Å². The quantitative estimate of drug-likeness (QED) is 0.508. The second-order valence-corrected chi connectivity index (χ2v) is 8.22. The summed E-state index contributed by atoms with van der Waals surface area (Å²) in [5.74, 6) is -1.11. The van der Waals surface area contributed by atoms with Crippen LogP contribution in [0.15, 0.2) is 66.9 Å². The summed E-state index contributed by atoms with van der Waals surface area (Å²) in [5.41, 5.74) is 5.64. The summed E-state index contributed by atoms with van der Waals surface area (Å²) in [5, 5.41) is 15.7. The Morgan fingerprint density at radius 2 is 2.00 bits per heavy atom. The van der Waals surface area contributed by atoms with Crippen molar-refractivity contribution in [2.24, 2.45) is 5.92 Å². The van der Waals surface area contributed by atoms with Gasteiger partial charge in [-0.05, 0) is 54.3 Å². The van der Waals surface area contributed by atoms with Crippen molar-refractivity contribution in [3.8, 4) is 0 Å². The lowest BCUT2D eigenvalue weighted by atomic mass is 9.85. The molecule has 0 radical (unpaired) electrons. The van der Waals surface area contributed by atoms with E-state index >= 15 is 0 Å². The van der Waals surface area contributed by atoms with Crippen LogP contribution in [0, 0.1) is 12.8 Å². The van der Waals surface area contributed by atoms with Crippen molar-refractivity contribution in [3.05, 3.63) is 94.8 Å². The molecule has 0 fully saturated rings. The Hall–Kier alpha value is -3.51. The van der Waals surface area contributed by atoms with Crippen LogP contribution in [-0.4, -0.2) is 28.5 Å². The molecule has 3 aromatic rings. The first-order valence-corrected chi connectivity index (χ1v) is 10.8. The van der Waals surface area contributed by atoms with Crippen LogP contribution in [0.1, 0.15) is 34.0 Å². The van der Waals surface area contributed by atoms with Crippen molar-refractivity contribution < 1.29 is 14.7 Å². The van der Waals surface area contributed by atoms with Gasteiger partial charge in [0.25, 0.3) is 0 Å². The minimum Gasteiger partial charge on any atom is -0.481 e. The summed E-state index contributed by atoms with van der Waals surface area (Å²) in [6, 6.07) is 19.5. The van der Waals surface area contributed by atoms with Crippen LogP contribution < -0.4 is 10.6 Å². The zero-order valence-electron chi connectivity index (χ0n) is 18.0. The number of hydrogen-bond acceptors (Lipinski definition) is 4. The molecule has 6 heteroatoms. The van der Waals surface area contributed by atoms with Gasteiger partial charge >= 0.3 is 5.97 Å². The maximum Gasteiger partial charge on any atom is 0.307 e. The standard InChI is InChI=1S/C26H27N3O3/c1-17-9-10-18(14-20(17)15-24(30)31)11-13-28-25(19-6-3-2-4-7-19)21-16-23-22(29-26(21)32)8-5-12-27-23/h2-10,12,14,21,25,28H,11,13,15-16H2,1H3,(H,29,32)(H,30,31)/t21-,25-/m1/s1. The minimum absolute atomic E-state index is 0.00839. The second kappa shape index (κ2) is 9.75. The summed E-state index contributed by atoms with van der Waals surface area (Å²) < 4.78 is 0. The van der Waals surface area contributed by atoms with Gasteiger partial charge in [-0.3, -0.25) is 14.6 Å².